The molecule has 0 N–H and O–H groups in total. The molecule has 104 valence electrons. The number of fused-ring (bicyclic) bond motifs is 1. The lowest BCUT2D eigenvalue weighted by Gasteiger charge is -2.07. The maximum absolute atomic E-state index is 14.1. The summed E-state index contributed by atoms with van der Waals surface area (Å²) >= 11 is 0. The summed E-state index contributed by atoms with van der Waals surface area (Å²) < 4.78 is 28.1. The Morgan fingerprint density at radius 3 is 2.71 bits per heavy atom. The van der Waals surface area contributed by atoms with Crippen molar-refractivity contribution in [1.29, 1.82) is 0 Å². The molecule has 0 aliphatic heterocycles. The Morgan fingerprint density at radius 1 is 1.05 bits per heavy atom. The molecule has 1 fully saturated rings. The zero-order valence-corrected chi connectivity index (χ0v) is 11.1. The van der Waals surface area contributed by atoms with E-state index >= 15 is 0 Å². The first-order valence-electron chi connectivity index (χ1n) is 6.79. The van der Waals surface area contributed by atoms with Crippen molar-refractivity contribution in [3.63, 3.8) is 0 Å². The van der Waals surface area contributed by atoms with Crippen LogP contribution in [0.5, 0.6) is 0 Å². The minimum atomic E-state index is -0.540. The van der Waals surface area contributed by atoms with Crippen molar-refractivity contribution in [1.82, 2.24) is 15.0 Å². The van der Waals surface area contributed by atoms with E-state index in [1.54, 1.807) is 18.2 Å². The van der Waals surface area contributed by atoms with Crippen LogP contribution in [0.25, 0.3) is 22.2 Å². The van der Waals surface area contributed by atoms with Gasteiger partial charge in [-0.25, -0.2) is 18.7 Å². The van der Waals surface area contributed by atoms with Gasteiger partial charge in [0.2, 0.25) is 0 Å². The molecule has 0 amide bonds. The highest BCUT2D eigenvalue weighted by Crippen LogP contribution is 2.38. The maximum atomic E-state index is 14.1. The molecule has 3 aromatic rings. The third-order valence-corrected chi connectivity index (χ3v) is 3.64. The first kappa shape index (κ1) is 12.3. The van der Waals surface area contributed by atoms with Gasteiger partial charge in [-0.3, -0.25) is 4.98 Å². The summed E-state index contributed by atoms with van der Waals surface area (Å²) in [5, 5.41) is 0.624. The monoisotopic (exact) mass is 283 g/mol. The fraction of sp³-hybridized carbons (Fsp3) is 0.188. The Labute approximate surface area is 119 Å². The highest BCUT2D eigenvalue weighted by molar-refractivity contribution is 5.84. The molecule has 0 unspecified atom stereocenters. The Hall–Kier alpha value is -2.43. The van der Waals surface area contributed by atoms with Gasteiger partial charge in [-0.05, 0) is 31.0 Å². The highest BCUT2D eigenvalue weighted by Gasteiger charge is 2.27. The van der Waals surface area contributed by atoms with E-state index in [9.17, 15) is 8.78 Å². The molecule has 1 saturated carbocycles. The topological polar surface area (TPSA) is 38.7 Å². The number of nitrogens with zero attached hydrogens (tertiary/aromatic N) is 3. The molecular formula is C16H11F2N3. The molecule has 5 heteroatoms. The van der Waals surface area contributed by atoms with E-state index in [-0.39, 0.29) is 11.2 Å². The Bertz CT molecular complexity index is 844. The average molecular weight is 283 g/mol. The molecule has 0 saturated heterocycles. The summed E-state index contributed by atoms with van der Waals surface area (Å²) in [5.41, 5.74) is 0.837. The number of halogens is 2. The molecule has 4 rings (SSSR count). The van der Waals surface area contributed by atoms with Crippen molar-refractivity contribution in [2.75, 3.05) is 0 Å². The normalized spacial score (nSPS) is 14.6. The number of benzene rings is 1. The molecule has 0 bridgehead atoms. The van der Waals surface area contributed by atoms with Crippen molar-refractivity contribution in [2.24, 2.45) is 0 Å². The van der Waals surface area contributed by atoms with E-state index in [0.29, 0.717) is 22.7 Å². The van der Waals surface area contributed by atoms with Crippen LogP contribution in [0.15, 0.2) is 36.7 Å². The highest BCUT2D eigenvalue weighted by atomic mass is 19.1. The van der Waals surface area contributed by atoms with Gasteiger partial charge in [0.15, 0.2) is 5.82 Å². The van der Waals surface area contributed by atoms with Crippen molar-refractivity contribution >= 4 is 10.9 Å². The van der Waals surface area contributed by atoms with Crippen molar-refractivity contribution in [3.05, 3.63) is 54.1 Å². The summed E-state index contributed by atoms with van der Waals surface area (Å²) in [4.78, 5) is 12.3. The molecule has 1 aliphatic carbocycles. The van der Waals surface area contributed by atoms with Crippen LogP contribution in [0, 0.1) is 11.6 Å². The van der Waals surface area contributed by atoms with Crippen LogP contribution in [0.2, 0.25) is 0 Å². The van der Waals surface area contributed by atoms with Gasteiger partial charge in [0, 0.05) is 23.1 Å². The van der Waals surface area contributed by atoms with E-state index < -0.39 is 11.6 Å². The molecule has 0 atom stereocenters. The summed E-state index contributed by atoms with van der Waals surface area (Å²) in [5.74, 6) is -0.0643. The fourth-order valence-corrected chi connectivity index (χ4v) is 2.41. The van der Waals surface area contributed by atoms with Crippen LogP contribution in [-0.2, 0) is 0 Å². The molecular weight excluding hydrogens is 272 g/mol. The molecule has 1 aromatic carbocycles. The second-order valence-electron chi connectivity index (χ2n) is 5.23. The zero-order valence-electron chi connectivity index (χ0n) is 11.1. The first-order valence-corrected chi connectivity index (χ1v) is 6.79. The van der Waals surface area contributed by atoms with Gasteiger partial charge in [-0.2, -0.15) is 0 Å². The van der Waals surface area contributed by atoms with E-state index in [4.69, 9.17) is 0 Å². The van der Waals surface area contributed by atoms with Gasteiger partial charge >= 0.3 is 0 Å². The van der Waals surface area contributed by atoms with E-state index in [1.807, 2.05) is 0 Å². The van der Waals surface area contributed by atoms with Gasteiger partial charge < -0.3 is 0 Å². The number of hydrogen-bond acceptors (Lipinski definition) is 3. The Morgan fingerprint density at radius 2 is 1.90 bits per heavy atom. The predicted molar refractivity (Wildman–Crippen MR) is 74.7 cm³/mol. The number of aromatic nitrogens is 3. The fourth-order valence-electron chi connectivity index (χ4n) is 2.41. The van der Waals surface area contributed by atoms with Gasteiger partial charge in [-0.1, -0.05) is 6.07 Å². The summed E-state index contributed by atoms with van der Waals surface area (Å²) in [6, 6.07) is 6.44. The minimum Gasteiger partial charge on any atom is -0.253 e. The zero-order chi connectivity index (χ0) is 14.4. The molecule has 0 radical (unpaired) electrons. The lowest BCUT2D eigenvalue weighted by atomic mass is 10.1. The van der Waals surface area contributed by atoms with Crippen LogP contribution in [0.4, 0.5) is 8.78 Å². The van der Waals surface area contributed by atoms with Gasteiger partial charge in [0.25, 0.3) is 0 Å². The van der Waals surface area contributed by atoms with Gasteiger partial charge in [0.1, 0.15) is 22.9 Å². The van der Waals surface area contributed by atoms with E-state index in [0.717, 1.165) is 12.8 Å². The summed E-state index contributed by atoms with van der Waals surface area (Å²) in [6.07, 6.45) is 4.75. The number of rotatable bonds is 2. The van der Waals surface area contributed by atoms with Gasteiger partial charge in [0.05, 0.1) is 6.20 Å². The minimum absolute atomic E-state index is 0.150. The second kappa shape index (κ2) is 4.55. The van der Waals surface area contributed by atoms with Crippen LogP contribution < -0.4 is 0 Å². The maximum Gasteiger partial charge on any atom is 0.167 e. The van der Waals surface area contributed by atoms with E-state index in [1.165, 1.54) is 18.5 Å². The molecule has 2 heterocycles. The van der Waals surface area contributed by atoms with Crippen LogP contribution in [0.3, 0.4) is 0 Å². The molecule has 21 heavy (non-hydrogen) atoms. The van der Waals surface area contributed by atoms with Crippen molar-refractivity contribution in [2.45, 2.75) is 18.8 Å². The Kier molecular flexibility index (Phi) is 2.67. The lowest BCUT2D eigenvalue weighted by molar-refractivity contribution is 0.612. The summed E-state index contributed by atoms with van der Waals surface area (Å²) in [7, 11) is 0. The number of hydrogen-bond donors (Lipinski definition) is 0. The third kappa shape index (κ3) is 2.14. The Balaban J connectivity index is 1.91. The van der Waals surface area contributed by atoms with Crippen LogP contribution in [0.1, 0.15) is 24.6 Å². The van der Waals surface area contributed by atoms with Crippen molar-refractivity contribution in [3.8, 4) is 11.3 Å². The van der Waals surface area contributed by atoms with Crippen molar-refractivity contribution < 1.29 is 8.78 Å². The van der Waals surface area contributed by atoms with Crippen LogP contribution >= 0.6 is 0 Å². The van der Waals surface area contributed by atoms with E-state index in [2.05, 4.69) is 15.0 Å². The van der Waals surface area contributed by atoms with Gasteiger partial charge in [-0.15, -0.1) is 0 Å². The molecule has 3 nitrogen and oxygen atoms in total. The SMILES string of the molecule is Fc1cnc(C2CC2)nc1-c1cc(F)c2ncccc2c1. The predicted octanol–water partition coefficient (Wildman–Crippen LogP) is 3.85. The molecule has 0 spiro atoms. The molecule has 2 aromatic heterocycles. The standard InChI is InChI=1S/C16H11F2N3/c17-12-7-11(6-10-2-1-5-19-14(10)12)15-13(18)8-20-16(21-15)9-3-4-9/h1-2,5-9H,3-4H2. The second-order valence-corrected chi connectivity index (χ2v) is 5.23. The van der Waals surface area contributed by atoms with Crippen LogP contribution in [-0.4, -0.2) is 15.0 Å². The quantitative estimate of drug-likeness (QED) is 0.717. The molecule has 1 aliphatic rings. The largest absolute Gasteiger partial charge is 0.253 e. The average Bonchev–Trinajstić information content (AvgIpc) is 3.32. The lowest BCUT2D eigenvalue weighted by Crippen LogP contribution is -1.99. The summed E-state index contributed by atoms with van der Waals surface area (Å²) in [6.45, 7) is 0. The first-order chi connectivity index (χ1) is 10.2. The number of pyridine rings is 1. The third-order valence-electron chi connectivity index (χ3n) is 3.64. The smallest absolute Gasteiger partial charge is 0.167 e.